The van der Waals surface area contributed by atoms with Gasteiger partial charge in [0, 0.05) is 62.9 Å². The van der Waals surface area contributed by atoms with Gasteiger partial charge in [0.2, 0.25) is 0 Å². The van der Waals surface area contributed by atoms with Crippen LogP contribution in [-0.4, -0.2) is 73.8 Å². The third kappa shape index (κ3) is 2.97. The highest BCUT2D eigenvalue weighted by molar-refractivity contribution is 5.42. The summed E-state index contributed by atoms with van der Waals surface area (Å²) >= 11 is 0. The number of likely N-dealkylation sites (tertiary alicyclic amines) is 1. The smallest absolute Gasteiger partial charge is 0.183 e. The summed E-state index contributed by atoms with van der Waals surface area (Å²) in [5, 5.41) is 11.4. The molecular weight excluding hydrogens is 336 g/mol. The molecule has 0 unspecified atom stereocenters. The molecule has 4 atom stereocenters. The van der Waals surface area contributed by atoms with Gasteiger partial charge in [0.25, 0.3) is 0 Å². The molecule has 0 spiro atoms. The van der Waals surface area contributed by atoms with Gasteiger partial charge in [-0.15, -0.1) is 0 Å². The zero-order valence-electron chi connectivity index (χ0n) is 15.5. The number of ether oxygens (including phenoxy) is 4. The third-order valence-electron chi connectivity index (χ3n) is 6.28. The Hall–Kier alpha value is -1.41. The molecule has 1 N–H and O–H groups in total. The van der Waals surface area contributed by atoms with Crippen molar-refractivity contribution >= 4 is 0 Å². The van der Waals surface area contributed by atoms with E-state index in [0.29, 0.717) is 44.3 Å². The van der Waals surface area contributed by atoms with E-state index < -0.39 is 5.60 Å². The lowest BCUT2D eigenvalue weighted by Crippen LogP contribution is -2.67. The predicted octanol–water partition coefficient (Wildman–Crippen LogP) is 1.09. The van der Waals surface area contributed by atoms with E-state index in [2.05, 4.69) is 9.88 Å². The maximum atomic E-state index is 11.4. The molecule has 0 aliphatic carbocycles. The first-order chi connectivity index (χ1) is 12.7. The molecule has 3 saturated heterocycles. The quantitative estimate of drug-likeness (QED) is 0.857. The second-order valence-corrected chi connectivity index (χ2v) is 7.47. The highest BCUT2D eigenvalue weighted by Gasteiger charge is 2.55. The predicted molar refractivity (Wildman–Crippen MR) is 94.3 cm³/mol. The van der Waals surface area contributed by atoms with Crippen molar-refractivity contribution in [2.24, 2.45) is 11.8 Å². The lowest BCUT2D eigenvalue weighted by molar-refractivity contribution is -0.221. The van der Waals surface area contributed by atoms with Crippen molar-refractivity contribution in [3.05, 3.63) is 18.0 Å². The van der Waals surface area contributed by atoms with Crippen molar-refractivity contribution in [3.63, 3.8) is 0 Å². The van der Waals surface area contributed by atoms with Crippen LogP contribution in [0.25, 0.3) is 0 Å². The molecule has 0 amide bonds. The number of nitrogens with zero attached hydrogens (tertiary/aromatic N) is 2. The summed E-state index contributed by atoms with van der Waals surface area (Å²) in [6.07, 6.45) is 3.37. The van der Waals surface area contributed by atoms with Crippen LogP contribution in [0.5, 0.6) is 11.5 Å². The second kappa shape index (κ2) is 7.31. The summed E-state index contributed by atoms with van der Waals surface area (Å²) in [5.41, 5.74) is 0.172. The Morgan fingerprint density at radius 2 is 2.12 bits per heavy atom. The van der Waals surface area contributed by atoms with Crippen molar-refractivity contribution in [2.75, 3.05) is 47.2 Å². The van der Waals surface area contributed by atoms with Crippen LogP contribution in [0.2, 0.25) is 0 Å². The van der Waals surface area contributed by atoms with Crippen molar-refractivity contribution < 1.29 is 24.1 Å². The van der Waals surface area contributed by atoms with Crippen LogP contribution in [0.3, 0.4) is 0 Å². The number of hydrogen-bond donors (Lipinski definition) is 1. The van der Waals surface area contributed by atoms with Gasteiger partial charge in [-0.3, -0.25) is 9.88 Å². The van der Waals surface area contributed by atoms with Crippen molar-refractivity contribution in [1.82, 2.24) is 9.88 Å². The fraction of sp³-hybridized carbons (Fsp3) is 0.737. The summed E-state index contributed by atoms with van der Waals surface area (Å²) in [6, 6.07) is 2.09. The minimum absolute atomic E-state index is 0.0933. The Labute approximate surface area is 154 Å². The Kier molecular flexibility index (Phi) is 5.05. The fourth-order valence-corrected chi connectivity index (χ4v) is 4.91. The van der Waals surface area contributed by atoms with Crippen LogP contribution in [0.1, 0.15) is 18.5 Å². The number of fused-ring (bicyclic) bond motifs is 3. The number of methoxy groups -OCH3 is 2. The minimum Gasteiger partial charge on any atom is -0.493 e. The van der Waals surface area contributed by atoms with Gasteiger partial charge >= 0.3 is 0 Å². The van der Waals surface area contributed by atoms with E-state index in [1.54, 1.807) is 20.4 Å². The number of pyridine rings is 1. The molecule has 4 heterocycles. The molecule has 4 rings (SSSR count). The maximum absolute atomic E-state index is 11.4. The lowest BCUT2D eigenvalue weighted by Gasteiger charge is -2.57. The SMILES string of the molecule is COc1ccnc(CN2C[C@@H]3COCC[C@@]3(O)[C@H]3COCC[C@@H]32)c1OC. The lowest BCUT2D eigenvalue weighted by atomic mass is 9.66. The monoisotopic (exact) mass is 364 g/mol. The summed E-state index contributed by atoms with van der Waals surface area (Å²) in [6.45, 7) is 4.02. The normalized spacial score (nSPS) is 34.7. The molecule has 0 bridgehead atoms. The minimum atomic E-state index is -0.689. The topological polar surface area (TPSA) is 73.3 Å². The van der Waals surface area contributed by atoms with E-state index in [1.165, 1.54) is 0 Å². The largest absolute Gasteiger partial charge is 0.493 e. The molecular formula is C19H28N2O5. The highest BCUT2D eigenvalue weighted by atomic mass is 16.5. The molecule has 0 saturated carbocycles. The van der Waals surface area contributed by atoms with Crippen molar-refractivity contribution in [3.8, 4) is 11.5 Å². The summed E-state index contributed by atoms with van der Waals surface area (Å²) < 4.78 is 22.4. The van der Waals surface area contributed by atoms with E-state index in [-0.39, 0.29) is 17.9 Å². The Morgan fingerprint density at radius 3 is 2.92 bits per heavy atom. The molecule has 7 heteroatoms. The van der Waals surface area contributed by atoms with Gasteiger partial charge in [0.1, 0.15) is 5.69 Å². The van der Waals surface area contributed by atoms with Crippen LogP contribution in [-0.2, 0) is 16.0 Å². The summed E-state index contributed by atoms with van der Waals surface area (Å²) in [5.74, 6) is 1.57. The second-order valence-electron chi connectivity index (χ2n) is 7.47. The average molecular weight is 364 g/mol. The molecule has 26 heavy (non-hydrogen) atoms. The van der Waals surface area contributed by atoms with E-state index in [4.69, 9.17) is 18.9 Å². The van der Waals surface area contributed by atoms with Gasteiger partial charge in [0.15, 0.2) is 11.5 Å². The Bertz CT molecular complexity index is 642. The van der Waals surface area contributed by atoms with E-state index >= 15 is 0 Å². The Morgan fingerprint density at radius 1 is 1.27 bits per heavy atom. The number of hydrogen-bond acceptors (Lipinski definition) is 7. The zero-order chi connectivity index (χ0) is 18.1. The summed E-state index contributed by atoms with van der Waals surface area (Å²) in [7, 11) is 3.28. The van der Waals surface area contributed by atoms with Gasteiger partial charge in [-0.2, -0.15) is 0 Å². The molecule has 1 aromatic rings. The van der Waals surface area contributed by atoms with Gasteiger partial charge in [0.05, 0.1) is 33.0 Å². The van der Waals surface area contributed by atoms with Gasteiger partial charge in [-0.25, -0.2) is 0 Å². The third-order valence-corrected chi connectivity index (χ3v) is 6.28. The first kappa shape index (κ1) is 18.0. The number of aromatic nitrogens is 1. The molecule has 3 aliphatic heterocycles. The molecule has 144 valence electrons. The van der Waals surface area contributed by atoms with Crippen LogP contribution in [0.4, 0.5) is 0 Å². The number of piperidine rings is 1. The van der Waals surface area contributed by atoms with Crippen LogP contribution >= 0.6 is 0 Å². The maximum Gasteiger partial charge on any atom is 0.183 e. The zero-order valence-corrected chi connectivity index (χ0v) is 15.5. The number of aliphatic hydroxyl groups is 1. The number of rotatable bonds is 4. The van der Waals surface area contributed by atoms with E-state index in [0.717, 1.165) is 25.3 Å². The van der Waals surface area contributed by atoms with Crippen molar-refractivity contribution in [1.29, 1.82) is 0 Å². The van der Waals surface area contributed by atoms with Crippen molar-refractivity contribution in [2.45, 2.75) is 31.0 Å². The van der Waals surface area contributed by atoms with Crippen LogP contribution in [0, 0.1) is 11.8 Å². The highest BCUT2D eigenvalue weighted by Crippen LogP contribution is 2.45. The van der Waals surface area contributed by atoms with E-state index in [1.807, 2.05) is 6.07 Å². The van der Waals surface area contributed by atoms with Gasteiger partial charge in [-0.05, 0) is 6.42 Å². The first-order valence-corrected chi connectivity index (χ1v) is 9.35. The van der Waals surface area contributed by atoms with Gasteiger partial charge in [-0.1, -0.05) is 0 Å². The average Bonchev–Trinajstić information content (AvgIpc) is 2.68. The molecule has 3 aliphatic rings. The summed E-state index contributed by atoms with van der Waals surface area (Å²) in [4.78, 5) is 6.96. The fourth-order valence-electron chi connectivity index (χ4n) is 4.91. The molecule has 0 radical (unpaired) electrons. The molecule has 3 fully saturated rings. The first-order valence-electron chi connectivity index (χ1n) is 9.35. The van der Waals surface area contributed by atoms with E-state index in [9.17, 15) is 5.11 Å². The molecule has 1 aromatic heterocycles. The Balaban J connectivity index is 1.62. The van der Waals surface area contributed by atoms with Crippen LogP contribution in [0.15, 0.2) is 12.3 Å². The van der Waals surface area contributed by atoms with Crippen LogP contribution < -0.4 is 9.47 Å². The molecule has 7 nitrogen and oxygen atoms in total. The molecule has 0 aromatic carbocycles. The standard InChI is InChI=1S/C19H28N2O5/c1-23-17-3-6-20-15(18(17)24-2)10-21-9-13-11-26-8-5-19(13,22)14-12-25-7-4-16(14)21/h3,6,13-14,16,22H,4-5,7-12H2,1-2H3/t13-,14+,16+,19+/m1/s1. The van der Waals surface area contributed by atoms with Gasteiger partial charge < -0.3 is 24.1 Å².